The molecule has 96 valence electrons. The van der Waals surface area contributed by atoms with Gasteiger partial charge in [0.2, 0.25) is 6.41 Å². The molecule has 2 saturated heterocycles. The van der Waals surface area contributed by atoms with E-state index >= 15 is 0 Å². The van der Waals surface area contributed by atoms with Crippen molar-refractivity contribution in [2.75, 3.05) is 39.3 Å². The summed E-state index contributed by atoms with van der Waals surface area (Å²) in [5, 5.41) is 13.3. The summed E-state index contributed by atoms with van der Waals surface area (Å²) >= 11 is 0. The number of carbonyl (C=O) groups is 2. The van der Waals surface area contributed by atoms with E-state index in [1.54, 1.807) is 9.80 Å². The molecule has 2 heterocycles. The number of piperazine rings is 1. The van der Waals surface area contributed by atoms with E-state index in [2.05, 4.69) is 5.32 Å². The minimum Gasteiger partial charge on any atom is -0.379 e. The second-order valence-electron chi connectivity index (χ2n) is 4.75. The third kappa shape index (κ3) is 2.58. The Hall–Kier alpha value is -1.14. The van der Waals surface area contributed by atoms with Crippen LogP contribution in [0.3, 0.4) is 0 Å². The number of aliphatic hydroxyl groups is 1. The fraction of sp³-hybridized carbons (Fsp3) is 0.818. The Bertz CT molecular complexity index is 294. The fourth-order valence-electron chi connectivity index (χ4n) is 2.40. The first-order valence-electron chi connectivity index (χ1n) is 6.07. The Morgan fingerprint density at radius 1 is 1.29 bits per heavy atom. The molecule has 0 aromatic carbocycles. The average Bonchev–Trinajstić information content (AvgIpc) is 2.39. The van der Waals surface area contributed by atoms with Gasteiger partial charge in [-0.05, 0) is 19.4 Å². The zero-order valence-electron chi connectivity index (χ0n) is 9.89. The molecule has 0 radical (unpaired) electrons. The number of rotatable bonds is 2. The second-order valence-corrected chi connectivity index (χ2v) is 4.75. The third-order valence-electron chi connectivity index (χ3n) is 3.51. The van der Waals surface area contributed by atoms with Gasteiger partial charge in [-0.2, -0.15) is 0 Å². The fourth-order valence-corrected chi connectivity index (χ4v) is 2.40. The van der Waals surface area contributed by atoms with Crippen LogP contribution < -0.4 is 5.32 Å². The Morgan fingerprint density at radius 2 is 2.00 bits per heavy atom. The van der Waals surface area contributed by atoms with E-state index in [-0.39, 0.29) is 5.91 Å². The quantitative estimate of drug-likeness (QED) is 0.571. The third-order valence-corrected chi connectivity index (χ3v) is 3.51. The molecule has 0 aromatic rings. The summed E-state index contributed by atoms with van der Waals surface area (Å²) in [6.45, 7) is 3.32. The number of hydrogen-bond donors (Lipinski definition) is 2. The van der Waals surface area contributed by atoms with Gasteiger partial charge in [-0.3, -0.25) is 9.59 Å². The maximum absolute atomic E-state index is 12.2. The van der Waals surface area contributed by atoms with Crippen molar-refractivity contribution in [1.29, 1.82) is 0 Å². The zero-order valence-corrected chi connectivity index (χ0v) is 9.89. The standard InChI is InChI=1S/C11H19N3O3/c15-9-13-4-6-14(7-5-13)10(16)11(17)2-1-3-12-8-11/h9,12,17H,1-8H2/t11-/m0/s1. The van der Waals surface area contributed by atoms with Gasteiger partial charge in [-0.1, -0.05) is 0 Å². The minimum atomic E-state index is -1.25. The van der Waals surface area contributed by atoms with Crippen LogP contribution in [0.1, 0.15) is 12.8 Å². The molecular formula is C11H19N3O3. The molecule has 0 bridgehead atoms. The second kappa shape index (κ2) is 5.01. The number of nitrogens with zero attached hydrogens (tertiary/aromatic N) is 2. The molecule has 2 N–H and O–H groups in total. The number of hydrogen-bond acceptors (Lipinski definition) is 4. The molecule has 0 spiro atoms. The molecule has 2 aliphatic heterocycles. The van der Waals surface area contributed by atoms with E-state index in [9.17, 15) is 14.7 Å². The summed E-state index contributed by atoms with van der Waals surface area (Å²) in [4.78, 5) is 26.1. The molecule has 0 aliphatic carbocycles. The highest BCUT2D eigenvalue weighted by atomic mass is 16.3. The molecule has 2 amide bonds. The lowest BCUT2D eigenvalue weighted by Crippen LogP contribution is -2.60. The lowest BCUT2D eigenvalue weighted by Gasteiger charge is -2.39. The van der Waals surface area contributed by atoms with Crippen molar-refractivity contribution in [3.8, 4) is 0 Å². The number of carbonyl (C=O) groups excluding carboxylic acids is 2. The molecular weight excluding hydrogens is 222 g/mol. The van der Waals surface area contributed by atoms with E-state index in [1.165, 1.54) is 0 Å². The van der Waals surface area contributed by atoms with Gasteiger partial charge < -0.3 is 20.2 Å². The molecule has 6 nitrogen and oxygen atoms in total. The molecule has 1 atom stereocenters. The Labute approximate surface area is 101 Å². The summed E-state index contributed by atoms with van der Waals surface area (Å²) < 4.78 is 0. The van der Waals surface area contributed by atoms with Gasteiger partial charge in [0.05, 0.1) is 0 Å². The van der Waals surface area contributed by atoms with Crippen LogP contribution in [-0.2, 0) is 9.59 Å². The predicted octanol–water partition coefficient (Wildman–Crippen LogP) is -1.60. The van der Waals surface area contributed by atoms with Crippen LogP contribution >= 0.6 is 0 Å². The summed E-state index contributed by atoms with van der Waals surface area (Å²) in [5.74, 6) is -0.199. The summed E-state index contributed by atoms with van der Waals surface area (Å²) in [6, 6.07) is 0. The van der Waals surface area contributed by atoms with Crippen LogP contribution in [0.4, 0.5) is 0 Å². The Morgan fingerprint density at radius 3 is 2.53 bits per heavy atom. The van der Waals surface area contributed by atoms with Gasteiger partial charge in [0.15, 0.2) is 5.60 Å². The molecule has 2 fully saturated rings. The smallest absolute Gasteiger partial charge is 0.255 e. The van der Waals surface area contributed by atoms with Gasteiger partial charge >= 0.3 is 0 Å². The van der Waals surface area contributed by atoms with E-state index in [0.29, 0.717) is 39.1 Å². The number of nitrogens with one attached hydrogen (secondary N) is 1. The lowest BCUT2D eigenvalue weighted by atomic mass is 9.92. The van der Waals surface area contributed by atoms with Crippen LogP contribution in [0, 0.1) is 0 Å². The average molecular weight is 241 g/mol. The van der Waals surface area contributed by atoms with Gasteiger partial charge in [0, 0.05) is 32.7 Å². The van der Waals surface area contributed by atoms with Crippen LogP contribution in [0.2, 0.25) is 0 Å². The Kier molecular flexibility index (Phi) is 3.63. The van der Waals surface area contributed by atoms with Gasteiger partial charge in [0.1, 0.15) is 0 Å². The predicted molar refractivity (Wildman–Crippen MR) is 61.3 cm³/mol. The van der Waals surface area contributed by atoms with E-state index in [0.717, 1.165) is 19.4 Å². The molecule has 2 rings (SSSR count). The number of β-amino-alcohol motifs (C(OH)–C–C–N with tert-alkyl or cyclic N) is 1. The topological polar surface area (TPSA) is 72.9 Å². The minimum absolute atomic E-state index is 0.199. The first kappa shape index (κ1) is 12.3. The summed E-state index contributed by atoms with van der Waals surface area (Å²) in [6.07, 6.45) is 2.14. The zero-order chi connectivity index (χ0) is 12.3. The van der Waals surface area contributed by atoms with Crippen molar-refractivity contribution in [1.82, 2.24) is 15.1 Å². The summed E-state index contributed by atoms with van der Waals surface area (Å²) in [5.41, 5.74) is -1.25. The van der Waals surface area contributed by atoms with Gasteiger partial charge in [-0.15, -0.1) is 0 Å². The lowest BCUT2D eigenvalue weighted by molar-refractivity contribution is -0.155. The monoisotopic (exact) mass is 241 g/mol. The van der Waals surface area contributed by atoms with Crippen molar-refractivity contribution < 1.29 is 14.7 Å². The normalized spacial score (nSPS) is 30.2. The number of amides is 2. The van der Waals surface area contributed by atoms with Crippen molar-refractivity contribution >= 4 is 12.3 Å². The Balaban J connectivity index is 1.93. The molecule has 0 unspecified atom stereocenters. The molecule has 6 heteroatoms. The SMILES string of the molecule is O=CN1CCN(C(=O)[C@]2(O)CCCNC2)CC1. The van der Waals surface area contributed by atoms with Crippen molar-refractivity contribution in [2.24, 2.45) is 0 Å². The van der Waals surface area contributed by atoms with Crippen LogP contribution in [-0.4, -0.2) is 72.1 Å². The maximum atomic E-state index is 12.2. The molecule has 0 aromatic heterocycles. The van der Waals surface area contributed by atoms with Crippen molar-refractivity contribution in [3.05, 3.63) is 0 Å². The maximum Gasteiger partial charge on any atom is 0.255 e. The van der Waals surface area contributed by atoms with E-state index < -0.39 is 5.60 Å². The van der Waals surface area contributed by atoms with Gasteiger partial charge in [0.25, 0.3) is 5.91 Å². The van der Waals surface area contributed by atoms with Crippen molar-refractivity contribution in [2.45, 2.75) is 18.4 Å². The van der Waals surface area contributed by atoms with E-state index in [1.807, 2.05) is 0 Å². The van der Waals surface area contributed by atoms with Crippen molar-refractivity contribution in [3.63, 3.8) is 0 Å². The molecule has 2 aliphatic rings. The first-order valence-corrected chi connectivity index (χ1v) is 6.07. The van der Waals surface area contributed by atoms with Gasteiger partial charge in [-0.25, -0.2) is 0 Å². The number of piperidine rings is 1. The highest BCUT2D eigenvalue weighted by Gasteiger charge is 2.40. The highest BCUT2D eigenvalue weighted by molar-refractivity contribution is 5.85. The molecule has 17 heavy (non-hydrogen) atoms. The summed E-state index contributed by atoms with van der Waals surface area (Å²) in [7, 11) is 0. The van der Waals surface area contributed by atoms with Crippen LogP contribution in [0.5, 0.6) is 0 Å². The molecule has 0 saturated carbocycles. The largest absolute Gasteiger partial charge is 0.379 e. The first-order chi connectivity index (χ1) is 8.15. The van der Waals surface area contributed by atoms with Crippen LogP contribution in [0.25, 0.3) is 0 Å². The van der Waals surface area contributed by atoms with E-state index in [4.69, 9.17) is 0 Å². The van der Waals surface area contributed by atoms with Crippen LogP contribution in [0.15, 0.2) is 0 Å². The highest BCUT2D eigenvalue weighted by Crippen LogP contribution is 2.19.